The van der Waals surface area contributed by atoms with Crippen LogP contribution in [0.4, 0.5) is 0 Å². The van der Waals surface area contributed by atoms with Gasteiger partial charge < -0.3 is 15.3 Å². The Morgan fingerprint density at radius 3 is 1.40 bits per heavy atom. The number of hydrogen-bond donors (Lipinski definition) is 3. The van der Waals surface area contributed by atoms with Crippen molar-refractivity contribution < 1.29 is 15.3 Å². The highest BCUT2D eigenvalue weighted by molar-refractivity contribution is 5.01. The van der Waals surface area contributed by atoms with E-state index in [4.69, 9.17) is 0 Å². The molecular weight excluding hydrogens is 132 g/mol. The molecule has 0 saturated heterocycles. The van der Waals surface area contributed by atoms with E-state index in [0.717, 1.165) is 0 Å². The molecule has 58 valence electrons. The zero-order chi connectivity index (χ0) is 7.30. The van der Waals surface area contributed by atoms with Crippen LogP contribution in [0.2, 0.25) is 0 Å². The van der Waals surface area contributed by atoms with Crippen molar-refractivity contribution in [2.75, 3.05) is 0 Å². The quantitative estimate of drug-likeness (QED) is 0.413. The van der Waals surface area contributed by atoms with Gasteiger partial charge in [0, 0.05) is 11.8 Å². The Bertz CT molecular complexity index is 132. The average Bonchev–Trinajstić information content (AvgIpc) is 2.26. The minimum absolute atomic E-state index is 0.0556. The summed E-state index contributed by atoms with van der Waals surface area (Å²) in [5, 5.41) is 27.8. The summed E-state index contributed by atoms with van der Waals surface area (Å²) >= 11 is 0. The zero-order valence-electron chi connectivity index (χ0n) is 5.64. The van der Waals surface area contributed by atoms with Gasteiger partial charge in [0.25, 0.3) is 0 Å². The first kappa shape index (κ1) is 6.58. The van der Waals surface area contributed by atoms with Crippen LogP contribution < -0.4 is 0 Å². The van der Waals surface area contributed by atoms with Crippen molar-refractivity contribution in [2.24, 2.45) is 11.8 Å². The lowest BCUT2D eigenvalue weighted by Crippen LogP contribution is -2.24. The number of hydrogen-bond acceptors (Lipinski definition) is 3. The third kappa shape index (κ3) is 0.654. The molecule has 0 aromatic heterocycles. The van der Waals surface area contributed by atoms with Crippen LogP contribution in [0.3, 0.4) is 0 Å². The van der Waals surface area contributed by atoms with Crippen molar-refractivity contribution in [3.05, 3.63) is 0 Å². The Labute approximate surface area is 59.3 Å². The number of aliphatic hydroxyl groups excluding tert-OH is 3. The van der Waals surface area contributed by atoms with Crippen LogP contribution in [-0.2, 0) is 0 Å². The van der Waals surface area contributed by atoms with E-state index in [1.54, 1.807) is 0 Å². The number of aliphatic hydroxyl groups is 3. The van der Waals surface area contributed by atoms with Crippen LogP contribution >= 0.6 is 0 Å². The first-order valence-electron chi connectivity index (χ1n) is 3.74. The molecule has 2 aliphatic carbocycles. The highest BCUT2D eigenvalue weighted by Crippen LogP contribution is 2.44. The molecule has 0 radical (unpaired) electrons. The van der Waals surface area contributed by atoms with E-state index in [0.29, 0.717) is 12.8 Å². The topological polar surface area (TPSA) is 60.7 Å². The Morgan fingerprint density at radius 2 is 1.20 bits per heavy atom. The van der Waals surface area contributed by atoms with E-state index in [1.165, 1.54) is 0 Å². The van der Waals surface area contributed by atoms with E-state index in [9.17, 15) is 15.3 Å². The lowest BCUT2D eigenvalue weighted by atomic mass is 9.95. The van der Waals surface area contributed by atoms with Crippen molar-refractivity contribution in [1.82, 2.24) is 0 Å². The molecule has 0 aromatic rings. The summed E-state index contributed by atoms with van der Waals surface area (Å²) in [5.74, 6) is -0.111. The Hall–Kier alpha value is -0.120. The van der Waals surface area contributed by atoms with E-state index in [-0.39, 0.29) is 24.0 Å². The maximum atomic E-state index is 9.35. The van der Waals surface area contributed by atoms with Gasteiger partial charge in [-0.1, -0.05) is 0 Å². The van der Waals surface area contributed by atoms with Crippen LogP contribution in [0.25, 0.3) is 0 Å². The third-order valence-electron chi connectivity index (χ3n) is 2.89. The smallest absolute Gasteiger partial charge is 0.0647 e. The average molecular weight is 144 g/mol. The van der Waals surface area contributed by atoms with Gasteiger partial charge in [-0.25, -0.2) is 0 Å². The van der Waals surface area contributed by atoms with Crippen LogP contribution in [0.5, 0.6) is 0 Å². The van der Waals surface area contributed by atoms with E-state index in [2.05, 4.69) is 0 Å². The number of rotatable bonds is 0. The van der Waals surface area contributed by atoms with Crippen molar-refractivity contribution in [1.29, 1.82) is 0 Å². The summed E-state index contributed by atoms with van der Waals surface area (Å²) in [6.07, 6.45) is -0.0446. The zero-order valence-corrected chi connectivity index (χ0v) is 5.64. The van der Waals surface area contributed by atoms with Gasteiger partial charge >= 0.3 is 0 Å². The molecule has 2 saturated carbocycles. The summed E-state index contributed by atoms with van der Waals surface area (Å²) in [6, 6.07) is 0. The minimum atomic E-state index is -0.454. The van der Waals surface area contributed by atoms with Gasteiger partial charge in [0.05, 0.1) is 18.3 Å². The molecule has 0 aromatic carbocycles. The van der Waals surface area contributed by atoms with E-state index >= 15 is 0 Å². The predicted octanol–water partition coefficient (Wildman–Crippen LogP) is -0.891. The van der Waals surface area contributed by atoms with Crippen LogP contribution in [-0.4, -0.2) is 33.6 Å². The van der Waals surface area contributed by atoms with Gasteiger partial charge in [-0.05, 0) is 12.8 Å². The van der Waals surface area contributed by atoms with Crippen molar-refractivity contribution in [3.63, 3.8) is 0 Å². The highest BCUT2D eigenvalue weighted by Gasteiger charge is 2.51. The maximum absolute atomic E-state index is 9.35. The minimum Gasteiger partial charge on any atom is -0.393 e. The first-order chi connectivity index (χ1) is 4.70. The van der Waals surface area contributed by atoms with Crippen LogP contribution in [0, 0.1) is 11.8 Å². The third-order valence-corrected chi connectivity index (χ3v) is 2.89. The lowest BCUT2D eigenvalue weighted by molar-refractivity contribution is 0.0447. The molecule has 0 aliphatic heterocycles. The van der Waals surface area contributed by atoms with E-state index < -0.39 is 6.10 Å². The molecule has 2 fully saturated rings. The van der Waals surface area contributed by atoms with Gasteiger partial charge in [-0.15, -0.1) is 0 Å². The molecule has 3 N–H and O–H groups in total. The molecule has 2 bridgehead atoms. The van der Waals surface area contributed by atoms with Gasteiger partial charge in [-0.2, -0.15) is 0 Å². The predicted molar refractivity (Wildman–Crippen MR) is 34.2 cm³/mol. The number of fused-ring (bicyclic) bond motifs is 2. The molecule has 2 aliphatic rings. The largest absolute Gasteiger partial charge is 0.393 e. The summed E-state index contributed by atoms with van der Waals surface area (Å²) in [4.78, 5) is 0. The first-order valence-corrected chi connectivity index (χ1v) is 3.74. The highest BCUT2D eigenvalue weighted by atomic mass is 16.3. The fourth-order valence-electron chi connectivity index (χ4n) is 2.27. The summed E-state index contributed by atoms with van der Waals surface area (Å²) in [6.45, 7) is 0. The van der Waals surface area contributed by atoms with Gasteiger partial charge in [0.15, 0.2) is 0 Å². The Morgan fingerprint density at radius 1 is 0.800 bits per heavy atom. The van der Waals surface area contributed by atoms with Crippen LogP contribution in [0.15, 0.2) is 0 Å². The molecule has 4 atom stereocenters. The lowest BCUT2D eigenvalue weighted by Gasteiger charge is -2.19. The summed E-state index contributed by atoms with van der Waals surface area (Å²) < 4.78 is 0. The second-order valence-electron chi connectivity index (χ2n) is 3.42. The molecule has 10 heavy (non-hydrogen) atoms. The molecular formula is C7H12O3. The van der Waals surface area contributed by atoms with E-state index in [1.807, 2.05) is 0 Å². The molecule has 0 spiro atoms. The molecule has 3 nitrogen and oxygen atoms in total. The molecule has 3 heteroatoms. The fourth-order valence-corrected chi connectivity index (χ4v) is 2.27. The fraction of sp³-hybridized carbons (Fsp3) is 1.00. The maximum Gasteiger partial charge on any atom is 0.0647 e. The van der Waals surface area contributed by atoms with Crippen LogP contribution in [0.1, 0.15) is 12.8 Å². The second-order valence-corrected chi connectivity index (χ2v) is 3.42. The SMILES string of the molecule is OC1[C@H]2C[C@@H](O)[C@@H]1C[C@H]2O. The van der Waals surface area contributed by atoms with Gasteiger partial charge in [-0.3, -0.25) is 0 Å². The monoisotopic (exact) mass is 144 g/mol. The Kier molecular flexibility index (Phi) is 1.27. The van der Waals surface area contributed by atoms with Gasteiger partial charge in [0.1, 0.15) is 0 Å². The standard InChI is InChI=1S/C7H12O3/c8-5-1-3-6(9)2-4(5)7(3)10/h3-10H,1-2H2/t3-,4-,5+,6+/m0/s1. The normalized spacial score (nSPS) is 59.7. The second kappa shape index (κ2) is 1.94. The summed E-state index contributed by atoms with van der Waals surface area (Å²) in [7, 11) is 0. The van der Waals surface area contributed by atoms with Crippen molar-refractivity contribution >= 4 is 0 Å². The molecule has 2 rings (SSSR count). The van der Waals surface area contributed by atoms with Crippen molar-refractivity contribution in [2.45, 2.75) is 31.2 Å². The molecule has 0 unspecified atom stereocenters. The van der Waals surface area contributed by atoms with Gasteiger partial charge in [0.2, 0.25) is 0 Å². The van der Waals surface area contributed by atoms with Crippen molar-refractivity contribution in [3.8, 4) is 0 Å². The Balaban J connectivity index is 2.17. The molecule has 0 heterocycles. The summed E-state index contributed by atoms with van der Waals surface area (Å²) in [5.41, 5.74) is 0. The molecule has 0 amide bonds.